The van der Waals surface area contributed by atoms with Gasteiger partial charge in [0.05, 0.1) is 11.9 Å². The molecule has 10 heteroatoms. The molecule has 4 rings (SSSR count). The number of aromatic nitrogens is 4. The number of amides is 1. The number of anilines is 1. The first-order chi connectivity index (χ1) is 14.7. The highest BCUT2D eigenvalue weighted by atomic mass is 19.4. The topological polar surface area (TPSA) is 81.4 Å². The van der Waals surface area contributed by atoms with E-state index in [-0.39, 0.29) is 17.0 Å². The van der Waals surface area contributed by atoms with Crippen molar-refractivity contribution < 1.29 is 22.7 Å². The minimum atomic E-state index is -4.64. The molecule has 7 nitrogen and oxygen atoms in total. The highest BCUT2D eigenvalue weighted by Crippen LogP contribution is 2.30. The number of benzene rings is 1. The molecule has 0 aliphatic heterocycles. The summed E-state index contributed by atoms with van der Waals surface area (Å²) in [5.41, 5.74) is 0.311. The number of alkyl halides is 3. The van der Waals surface area contributed by atoms with Gasteiger partial charge in [0.15, 0.2) is 11.3 Å². The Kier molecular flexibility index (Phi) is 5.05. The number of ether oxygens (including phenoxy) is 1. The van der Waals surface area contributed by atoms with E-state index in [0.717, 1.165) is 11.6 Å². The number of carbonyl (C=O) groups excluding carboxylic acids is 1. The number of pyridine rings is 1. The van der Waals surface area contributed by atoms with Crippen LogP contribution in [0.25, 0.3) is 5.65 Å². The Bertz CT molecular complexity index is 1250. The van der Waals surface area contributed by atoms with Gasteiger partial charge in [-0.1, -0.05) is 17.7 Å². The lowest BCUT2D eigenvalue weighted by Crippen LogP contribution is -2.15. The van der Waals surface area contributed by atoms with Gasteiger partial charge in [0, 0.05) is 17.8 Å². The van der Waals surface area contributed by atoms with E-state index in [4.69, 9.17) is 4.74 Å². The number of carbonyl (C=O) groups is 1. The number of hydrogen-bond donors (Lipinski definition) is 1. The zero-order chi connectivity index (χ0) is 22.2. The van der Waals surface area contributed by atoms with Gasteiger partial charge in [0.1, 0.15) is 11.4 Å². The van der Waals surface area contributed by atoms with Crippen LogP contribution < -0.4 is 10.1 Å². The molecule has 1 amide bonds. The molecule has 1 N–H and O–H groups in total. The van der Waals surface area contributed by atoms with Gasteiger partial charge >= 0.3 is 6.18 Å². The lowest BCUT2D eigenvalue weighted by molar-refractivity contribution is -0.142. The predicted molar refractivity (Wildman–Crippen MR) is 106 cm³/mol. The summed E-state index contributed by atoms with van der Waals surface area (Å²) >= 11 is 0. The summed E-state index contributed by atoms with van der Waals surface area (Å²) in [6, 6.07) is 12.6. The molecule has 3 heterocycles. The first-order valence-corrected chi connectivity index (χ1v) is 9.15. The van der Waals surface area contributed by atoms with Crippen molar-refractivity contribution in [2.75, 3.05) is 5.32 Å². The Labute approximate surface area is 174 Å². The van der Waals surface area contributed by atoms with Crippen molar-refractivity contribution in [1.29, 1.82) is 0 Å². The SMILES string of the molecule is Cc1ccc(Oc2ccc(NC(=O)c3cc4nc(C)cc(C(F)(F)F)n4n3)cn2)cc1. The third-order valence-electron chi connectivity index (χ3n) is 4.32. The van der Waals surface area contributed by atoms with Gasteiger partial charge in [0.2, 0.25) is 5.88 Å². The van der Waals surface area contributed by atoms with Crippen molar-refractivity contribution in [1.82, 2.24) is 19.6 Å². The molecule has 0 radical (unpaired) electrons. The van der Waals surface area contributed by atoms with Crippen LogP contribution >= 0.6 is 0 Å². The summed E-state index contributed by atoms with van der Waals surface area (Å²) in [5, 5.41) is 6.32. The monoisotopic (exact) mass is 427 g/mol. The number of nitrogens with one attached hydrogen (secondary N) is 1. The van der Waals surface area contributed by atoms with Crippen LogP contribution in [0.15, 0.2) is 54.7 Å². The maximum absolute atomic E-state index is 13.3. The third kappa shape index (κ3) is 4.47. The second-order valence-corrected chi connectivity index (χ2v) is 6.83. The quantitative estimate of drug-likeness (QED) is 0.506. The van der Waals surface area contributed by atoms with E-state index >= 15 is 0 Å². The average molecular weight is 427 g/mol. The first kappa shape index (κ1) is 20.3. The lowest BCUT2D eigenvalue weighted by atomic mass is 10.2. The summed E-state index contributed by atoms with van der Waals surface area (Å²) < 4.78 is 46.0. The Morgan fingerprint density at radius 3 is 2.45 bits per heavy atom. The molecule has 4 aromatic rings. The molecule has 0 unspecified atom stereocenters. The van der Waals surface area contributed by atoms with Gasteiger partial charge in [-0.3, -0.25) is 4.79 Å². The molecule has 1 aromatic carbocycles. The van der Waals surface area contributed by atoms with Crippen LogP contribution in [0.3, 0.4) is 0 Å². The van der Waals surface area contributed by atoms with Crippen molar-refractivity contribution >= 4 is 17.2 Å². The van der Waals surface area contributed by atoms with E-state index < -0.39 is 17.8 Å². The van der Waals surface area contributed by atoms with Crippen LogP contribution in [0.1, 0.15) is 27.4 Å². The van der Waals surface area contributed by atoms with Crippen LogP contribution in [-0.2, 0) is 6.18 Å². The van der Waals surface area contributed by atoms with Gasteiger partial charge in [-0.05, 0) is 38.1 Å². The minimum absolute atomic E-state index is 0.0718. The van der Waals surface area contributed by atoms with E-state index in [2.05, 4.69) is 20.4 Å². The molecular formula is C21H16F3N5O2. The van der Waals surface area contributed by atoms with Crippen LogP contribution in [0.4, 0.5) is 18.9 Å². The number of rotatable bonds is 4. The van der Waals surface area contributed by atoms with Gasteiger partial charge in [-0.2, -0.15) is 18.3 Å². The Hall–Kier alpha value is -3.95. The van der Waals surface area contributed by atoms with Crippen LogP contribution in [-0.4, -0.2) is 25.5 Å². The standard InChI is InChI=1S/C21H16F3N5O2/c1-12-3-6-15(7-4-12)31-19-8-5-14(11-25-19)27-20(30)16-10-18-26-13(2)9-17(21(22,23)24)29(18)28-16/h3-11H,1-2H3,(H,27,30). The fraction of sp³-hybridized carbons (Fsp3) is 0.143. The van der Waals surface area contributed by atoms with Gasteiger partial charge in [0.25, 0.3) is 5.91 Å². The van der Waals surface area contributed by atoms with Crippen molar-refractivity contribution in [3.63, 3.8) is 0 Å². The first-order valence-electron chi connectivity index (χ1n) is 9.15. The molecule has 0 saturated carbocycles. The zero-order valence-corrected chi connectivity index (χ0v) is 16.4. The van der Waals surface area contributed by atoms with E-state index in [1.54, 1.807) is 24.3 Å². The molecule has 3 aromatic heterocycles. The molecule has 0 saturated heterocycles. The molecule has 0 fully saturated rings. The highest BCUT2D eigenvalue weighted by Gasteiger charge is 2.35. The van der Waals surface area contributed by atoms with Crippen molar-refractivity contribution in [2.24, 2.45) is 0 Å². The second kappa shape index (κ2) is 7.71. The molecule has 0 spiro atoms. The number of halogens is 3. The summed E-state index contributed by atoms with van der Waals surface area (Å²) in [4.78, 5) is 20.6. The lowest BCUT2D eigenvalue weighted by Gasteiger charge is -2.09. The van der Waals surface area contributed by atoms with E-state index in [1.165, 1.54) is 19.2 Å². The molecule has 0 aliphatic carbocycles. The number of nitrogens with zero attached hydrogens (tertiary/aromatic N) is 4. The van der Waals surface area contributed by atoms with Crippen molar-refractivity contribution in [3.05, 3.63) is 77.4 Å². The fourth-order valence-electron chi connectivity index (χ4n) is 2.85. The second-order valence-electron chi connectivity index (χ2n) is 6.83. The Balaban J connectivity index is 1.51. The van der Waals surface area contributed by atoms with Gasteiger partial charge in [-0.25, -0.2) is 14.5 Å². The Morgan fingerprint density at radius 2 is 1.81 bits per heavy atom. The van der Waals surface area contributed by atoms with Crippen molar-refractivity contribution in [3.8, 4) is 11.6 Å². The smallest absolute Gasteiger partial charge is 0.433 e. The molecule has 0 bridgehead atoms. The molecule has 0 aliphatic rings. The molecule has 31 heavy (non-hydrogen) atoms. The summed E-state index contributed by atoms with van der Waals surface area (Å²) in [5.74, 6) is 0.247. The summed E-state index contributed by atoms with van der Waals surface area (Å²) in [6.45, 7) is 3.40. The maximum Gasteiger partial charge on any atom is 0.433 e. The zero-order valence-electron chi connectivity index (χ0n) is 16.4. The number of fused-ring (bicyclic) bond motifs is 1. The number of hydrogen-bond acceptors (Lipinski definition) is 5. The summed E-state index contributed by atoms with van der Waals surface area (Å²) in [7, 11) is 0. The fourth-order valence-corrected chi connectivity index (χ4v) is 2.85. The third-order valence-corrected chi connectivity index (χ3v) is 4.32. The summed E-state index contributed by atoms with van der Waals surface area (Å²) in [6.07, 6.45) is -3.26. The molecule has 158 valence electrons. The largest absolute Gasteiger partial charge is 0.439 e. The Morgan fingerprint density at radius 1 is 1.06 bits per heavy atom. The molecular weight excluding hydrogens is 411 g/mol. The molecule has 0 atom stereocenters. The normalized spacial score (nSPS) is 11.5. The van der Waals surface area contributed by atoms with Crippen molar-refractivity contribution in [2.45, 2.75) is 20.0 Å². The number of aryl methyl sites for hydroxylation is 2. The van der Waals surface area contributed by atoms with Crippen LogP contribution in [0, 0.1) is 13.8 Å². The predicted octanol–water partition coefficient (Wildman–Crippen LogP) is 4.80. The van der Waals surface area contributed by atoms with Crippen LogP contribution in [0.5, 0.6) is 11.6 Å². The van der Waals surface area contributed by atoms with E-state index in [1.807, 2.05) is 19.1 Å². The van der Waals surface area contributed by atoms with Crippen LogP contribution in [0.2, 0.25) is 0 Å². The van der Waals surface area contributed by atoms with E-state index in [0.29, 0.717) is 21.8 Å². The highest BCUT2D eigenvalue weighted by molar-refractivity contribution is 6.03. The minimum Gasteiger partial charge on any atom is -0.439 e. The maximum atomic E-state index is 13.3. The average Bonchev–Trinajstić information content (AvgIpc) is 3.14. The van der Waals surface area contributed by atoms with Gasteiger partial charge in [-0.15, -0.1) is 0 Å². The van der Waals surface area contributed by atoms with Gasteiger partial charge < -0.3 is 10.1 Å². The van der Waals surface area contributed by atoms with E-state index in [9.17, 15) is 18.0 Å².